The molecule has 0 atom stereocenters. The highest BCUT2D eigenvalue weighted by molar-refractivity contribution is 7.91. The van der Waals surface area contributed by atoms with Gasteiger partial charge in [0.1, 0.15) is 13.8 Å². The molecular weight excluding hydrogens is 331 g/mol. The topological polar surface area (TPSA) is 39.1 Å². The molecule has 0 spiro atoms. The highest BCUT2D eigenvalue weighted by Crippen LogP contribution is 2.31. The predicted molar refractivity (Wildman–Crippen MR) is 82.5 cm³/mol. The predicted octanol–water partition coefficient (Wildman–Crippen LogP) is 3.57. The van der Waals surface area contributed by atoms with E-state index in [1.165, 1.54) is 18.2 Å². The van der Waals surface area contributed by atoms with Crippen LogP contribution in [0.1, 0.15) is 5.69 Å². The summed E-state index contributed by atoms with van der Waals surface area (Å²) in [5.74, 6) is 2.62. The van der Waals surface area contributed by atoms with Crippen molar-refractivity contribution in [2.45, 2.75) is 25.1 Å². The van der Waals surface area contributed by atoms with Gasteiger partial charge in [-0.2, -0.15) is 21.6 Å². The van der Waals surface area contributed by atoms with Gasteiger partial charge in [-0.15, -0.1) is 5.54 Å². The van der Waals surface area contributed by atoms with Crippen molar-refractivity contribution in [1.82, 2.24) is 3.97 Å². The average Bonchev–Trinajstić information content (AvgIpc) is 2.72. The molecule has 8 heteroatoms. The molecule has 0 saturated carbocycles. The molecule has 0 radical (unpaired) electrons. The van der Waals surface area contributed by atoms with E-state index in [4.69, 9.17) is 0 Å². The van der Waals surface area contributed by atoms with E-state index in [9.17, 15) is 21.6 Å². The number of halogens is 3. The van der Waals surface area contributed by atoms with Gasteiger partial charge >= 0.3 is 15.5 Å². The third-order valence-corrected chi connectivity index (χ3v) is 5.10. The third kappa shape index (κ3) is 3.05. The van der Waals surface area contributed by atoms with Crippen LogP contribution in [0.4, 0.5) is 13.2 Å². The van der Waals surface area contributed by atoms with Crippen LogP contribution in [-0.4, -0.2) is 26.0 Å². The van der Waals surface area contributed by atoms with Crippen LogP contribution in [0.3, 0.4) is 0 Å². The molecule has 0 N–H and O–H groups in total. The van der Waals surface area contributed by atoms with Gasteiger partial charge in [-0.25, -0.2) is 3.97 Å². The molecule has 22 heavy (non-hydrogen) atoms. The Morgan fingerprint density at radius 1 is 1.14 bits per heavy atom. The summed E-state index contributed by atoms with van der Waals surface area (Å²) in [6.07, 6.45) is 0. The molecule has 0 unspecified atom stereocenters. The number of aromatic nitrogens is 1. The third-order valence-electron chi connectivity index (χ3n) is 2.76. The van der Waals surface area contributed by atoms with Gasteiger partial charge in [0.05, 0.1) is 5.52 Å². The second-order valence-electron chi connectivity index (χ2n) is 5.80. The van der Waals surface area contributed by atoms with Gasteiger partial charge in [-0.3, -0.25) is 0 Å². The van der Waals surface area contributed by atoms with Crippen molar-refractivity contribution < 1.29 is 21.6 Å². The van der Waals surface area contributed by atoms with Crippen LogP contribution in [0.2, 0.25) is 19.6 Å². The van der Waals surface area contributed by atoms with Crippen LogP contribution >= 0.6 is 0 Å². The molecule has 0 bridgehead atoms. The van der Waals surface area contributed by atoms with Crippen molar-refractivity contribution in [3.8, 4) is 11.5 Å². The van der Waals surface area contributed by atoms with Gasteiger partial charge in [-0.05, 0) is 12.1 Å². The highest BCUT2D eigenvalue weighted by atomic mass is 32.2. The van der Waals surface area contributed by atoms with Gasteiger partial charge in [0.15, 0.2) is 0 Å². The molecular formula is C14H14F3NO2SSi. The molecule has 2 rings (SSSR count). The van der Waals surface area contributed by atoms with Crippen LogP contribution in [0.15, 0.2) is 30.3 Å². The number of nitrogens with zero attached hydrogens (tertiary/aromatic N) is 1. The zero-order valence-corrected chi connectivity index (χ0v) is 14.0. The van der Waals surface area contributed by atoms with Gasteiger partial charge < -0.3 is 0 Å². The summed E-state index contributed by atoms with van der Waals surface area (Å²) in [5, 5.41) is 0.398. The quantitative estimate of drug-likeness (QED) is 0.585. The molecule has 0 aliphatic rings. The van der Waals surface area contributed by atoms with E-state index in [0.29, 0.717) is 5.39 Å². The van der Waals surface area contributed by atoms with E-state index >= 15 is 0 Å². The van der Waals surface area contributed by atoms with Crippen LogP contribution in [-0.2, 0) is 10.0 Å². The van der Waals surface area contributed by atoms with E-state index in [1.807, 2.05) is 19.6 Å². The van der Waals surface area contributed by atoms with Gasteiger partial charge in [0, 0.05) is 5.39 Å². The van der Waals surface area contributed by atoms with Crippen molar-refractivity contribution >= 4 is 29.0 Å². The fraction of sp³-hybridized carbons (Fsp3) is 0.286. The van der Waals surface area contributed by atoms with Gasteiger partial charge in [0.25, 0.3) is 0 Å². The largest absolute Gasteiger partial charge is 0.517 e. The Labute approximate surface area is 127 Å². The molecule has 0 aliphatic carbocycles. The summed E-state index contributed by atoms with van der Waals surface area (Å²) < 4.78 is 62.8. The van der Waals surface area contributed by atoms with E-state index < -0.39 is 23.6 Å². The van der Waals surface area contributed by atoms with Crippen molar-refractivity contribution in [3.05, 3.63) is 36.0 Å². The summed E-state index contributed by atoms with van der Waals surface area (Å²) in [4.78, 5) is 0. The molecule has 1 aromatic heterocycles. The smallest absolute Gasteiger partial charge is 0.222 e. The SMILES string of the molecule is C[Si](C)(C)C#Cc1cc2ccccc2n1S(=O)(=O)C(F)(F)F. The summed E-state index contributed by atoms with van der Waals surface area (Å²) in [6, 6.07) is 7.37. The summed E-state index contributed by atoms with van der Waals surface area (Å²) in [5.41, 5.74) is -2.68. The molecule has 3 nitrogen and oxygen atoms in total. The molecule has 1 aromatic carbocycles. The Morgan fingerprint density at radius 3 is 2.27 bits per heavy atom. The number of benzene rings is 1. The Morgan fingerprint density at radius 2 is 1.73 bits per heavy atom. The molecule has 0 aliphatic heterocycles. The number of hydrogen-bond acceptors (Lipinski definition) is 2. The second-order valence-corrected chi connectivity index (χ2v) is 12.3. The minimum atomic E-state index is -5.53. The summed E-state index contributed by atoms with van der Waals surface area (Å²) >= 11 is 0. The maximum atomic E-state index is 12.9. The van der Waals surface area contributed by atoms with Crippen molar-refractivity contribution in [1.29, 1.82) is 0 Å². The molecule has 0 saturated heterocycles. The van der Waals surface area contributed by atoms with E-state index in [-0.39, 0.29) is 15.2 Å². The lowest BCUT2D eigenvalue weighted by molar-refractivity contribution is -0.0445. The highest BCUT2D eigenvalue weighted by Gasteiger charge is 2.48. The second kappa shape index (κ2) is 5.17. The zero-order valence-electron chi connectivity index (χ0n) is 12.2. The lowest BCUT2D eigenvalue weighted by atomic mass is 10.2. The standard InChI is InChI=1S/C14H14F3NO2SSi/c1-22(2,3)9-8-12-10-11-6-4-5-7-13(11)18(12)21(19,20)14(15,16)17/h4-7,10H,1-3H3. The Hall–Kier alpha value is -1.72. The van der Waals surface area contributed by atoms with Crippen molar-refractivity contribution in [3.63, 3.8) is 0 Å². The van der Waals surface area contributed by atoms with E-state index in [1.54, 1.807) is 12.1 Å². The first-order valence-corrected chi connectivity index (χ1v) is 11.3. The Balaban J connectivity index is 2.83. The maximum Gasteiger partial charge on any atom is 0.517 e. The monoisotopic (exact) mass is 345 g/mol. The average molecular weight is 345 g/mol. The first-order chi connectivity index (χ1) is 9.93. The molecule has 1 heterocycles. The first kappa shape index (κ1) is 16.6. The van der Waals surface area contributed by atoms with Crippen molar-refractivity contribution in [2.75, 3.05) is 0 Å². The Bertz CT molecular complexity index is 881. The first-order valence-electron chi connectivity index (χ1n) is 6.39. The van der Waals surface area contributed by atoms with E-state index in [0.717, 1.165) is 0 Å². The minimum Gasteiger partial charge on any atom is -0.222 e. The molecule has 2 aromatic rings. The molecule has 0 amide bonds. The van der Waals surface area contributed by atoms with Crippen LogP contribution in [0, 0.1) is 11.5 Å². The fourth-order valence-electron chi connectivity index (χ4n) is 1.83. The molecule has 118 valence electrons. The lowest BCUT2D eigenvalue weighted by Gasteiger charge is -2.12. The fourth-order valence-corrected chi connectivity index (χ4v) is 3.32. The van der Waals surface area contributed by atoms with E-state index in [2.05, 4.69) is 11.5 Å². The number of fused-ring (bicyclic) bond motifs is 1. The number of rotatable bonds is 1. The normalized spacial score (nSPS) is 13.0. The van der Waals surface area contributed by atoms with Crippen molar-refractivity contribution in [2.24, 2.45) is 0 Å². The van der Waals surface area contributed by atoms with Crippen LogP contribution < -0.4 is 0 Å². The number of alkyl halides is 3. The maximum absolute atomic E-state index is 12.9. The van der Waals surface area contributed by atoms with Crippen LogP contribution in [0.25, 0.3) is 10.9 Å². The minimum absolute atomic E-state index is 0.0281. The molecule has 0 fully saturated rings. The summed E-state index contributed by atoms with van der Waals surface area (Å²) in [6.45, 7) is 5.77. The lowest BCUT2D eigenvalue weighted by Crippen LogP contribution is -2.30. The van der Waals surface area contributed by atoms with Gasteiger partial charge in [0.2, 0.25) is 0 Å². The Kier molecular flexibility index (Phi) is 3.91. The van der Waals surface area contributed by atoms with Crippen LogP contribution in [0.5, 0.6) is 0 Å². The zero-order chi connectivity index (χ0) is 16.8. The summed E-state index contributed by atoms with van der Waals surface area (Å²) in [7, 11) is -7.40. The number of para-hydroxylation sites is 1. The van der Waals surface area contributed by atoms with Gasteiger partial charge in [-0.1, -0.05) is 43.8 Å². The number of hydrogen-bond donors (Lipinski definition) is 0.